The van der Waals surface area contributed by atoms with E-state index in [0.29, 0.717) is 28.2 Å². The number of aromatic nitrogens is 3. The van der Waals surface area contributed by atoms with Crippen molar-refractivity contribution >= 4 is 145 Å². The highest BCUT2D eigenvalue weighted by Crippen LogP contribution is 2.53. The van der Waals surface area contributed by atoms with Gasteiger partial charge in [0.05, 0.1) is 55.4 Å². The van der Waals surface area contributed by atoms with Crippen LogP contribution in [0.25, 0.3) is 138 Å². The van der Waals surface area contributed by atoms with Gasteiger partial charge in [0.15, 0.2) is 11.2 Å². The quantitative estimate of drug-likeness (QED) is 0.142. The lowest BCUT2D eigenvalue weighted by atomic mass is 9.33. The van der Waals surface area contributed by atoms with Gasteiger partial charge in [0, 0.05) is 82.9 Å². The van der Waals surface area contributed by atoms with Gasteiger partial charge in [-0.3, -0.25) is 0 Å². The fourth-order valence-corrected chi connectivity index (χ4v) is 19.2. The van der Waals surface area contributed by atoms with Crippen molar-refractivity contribution in [1.29, 1.82) is 0 Å². The SMILES string of the molecule is [2H]c1c([2H])c([2H])c2c(c1[2H])c1c([2H])c([2H])c([2H])c([2H])c1n2-c1ccc2c(c1)N(c1cccc3c1oc1c(-n4c5ccc(C(C)(C)C)cc5c5cc(C(C)(C)C)ccc54)cccc13)c1cc(-c3cc(C(C)(C)C)cc(C(C)(C)C)c3)cc3c1B2c1ccc(-n2c4ccc(C(C)(C)C)cc4c4cc(C(C)(C)C)ccc42)cc1N3c1cc(-c2ccccc2)cc(-c2ccccc2)c1. The second-order valence-electron chi connectivity index (χ2n) is 40.1. The normalized spacial score (nSPS) is 14.4. The van der Waals surface area contributed by atoms with Crippen molar-refractivity contribution in [2.75, 3.05) is 9.80 Å². The predicted molar refractivity (Wildman–Crippen MR) is 519 cm³/mol. The van der Waals surface area contributed by atoms with Crippen molar-refractivity contribution in [2.45, 2.75) is 157 Å². The summed E-state index contributed by atoms with van der Waals surface area (Å²) in [6.45, 7) is 40.6. The molecule has 0 amide bonds. The van der Waals surface area contributed by atoms with Crippen LogP contribution in [0.4, 0.5) is 34.1 Å². The second-order valence-corrected chi connectivity index (χ2v) is 40.1. The summed E-state index contributed by atoms with van der Waals surface area (Å²) in [5.41, 5.74) is 28.3. The van der Waals surface area contributed by atoms with Crippen molar-refractivity contribution in [3.8, 4) is 50.4 Å². The average Bonchev–Trinajstić information content (AvgIpc) is 1.65. The zero-order valence-electron chi connectivity index (χ0n) is 80.5. The van der Waals surface area contributed by atoms with Gasteiger partial charge < -0.3 is 27.9 Å². The third-order valence-electron chi connectivity index (χ3n) is 25.9. The van der Waals surface area contributed by atoms with Crippen molar-refractivity contribution in [1.82, 2.24) is 13.7 Å². The van der Waals surface area contributed by atoms with Crippen molar-refractivity contribution in [2.24, 2.45) is 0 Å². The summed E-state index contributed by atoms with van der Waals surface area (Å²) >= 11 is 0. The van der Waals surface area contributed by atoms with E-state index in [-0.39, 0.29) is 66.4 Å². The van der Waals surface area contributed by atoms with Crippen molar-refractivity contribution < 1.29 is 15.4 Å². The zero-order valence-corrected chi connectivity index (χ0v) is 72.5. The van der Waals surface area contributed by atoms with Crippen LogP contribution in [-0.2, 0) is 32.5 Å². The Kier molecular flexibility index (Phi) is 14.9. The lowest BCUT2D eigenvalue weighted by molar-refractivity contribution is 0.569. The van der Waals surface area contributed by atoms with E-state index < -0.39 is 43.0 Å². The molecule has 6 nitrogen and oxygen atoms in total. The minimum absolute atomic E-state index is 0.00361. The Morgan fingerprint density at radius 2 is 0.612 bits per heavy atom. The van der Waals surface area contributed by atoms with E-state index in [4.69, 9.17) is 4.42 Å². The van der Waals surface area contributed by atoms with E-state index in [1.807, 2.05) is 6.07 Å². The summed E-state index contributed by atoms with van der Waals surface area (Å²) < 4.78 is 91.1. The zero-order chi connectivity index (χ0) is 90.6. The number of anilines is 6. The van der Waals surface area contributed by atoms with Gasteiger partial charge in [-0.05, 0) is 243 Å². The van der Waals surface area contributed by atoms with Gasteiger partial charge >= 0.3 is 0 Å². The highest BCUT2D eigenvalue weighted by Gasteiger charge is 2.46. The monoisotopic (exact) mass is 1580 g/mol. The first kappa shape index (κ1) is 67.0. The average molecular weight is 1580 g/mol. The van der Waals surface area contributed by atoms with Gasteiger partial charge in [0.1, 0.15) is 0 Å². The molecule has 0 N–H and O–H groups in total. The number of rotatable bonds is 8. The predicted octanol–water partition coefficient (Wildman–Crippen LogP) is 29.7. The standard InChI is InChI=1S/C114H104BN5O/c1-109(2,3)75-43-51-96-88(63-75)89-64-76(110(4,5)6)44-52-97(89)117(96)81-47-49-92-102(67-81)118(83-58-71(69-31-21-19-22-32-69)55-72(59-83)70-33-23-20-24-34-70)104-60-74(73-56-79(113(13,14)15)62-80(57-73)114(16,17)18)61-105-106(104)115(92)93-50-48-82(116-94-39-27-25-35-84(94)85-36-26-28-40-95(85)116)68-103(93)120(105)101-42-30-38-87-86-37-29-41-100(107(86)121-108(87)101)119-98-53-45-77(111(7,8)9)65-90(98)91-66-78(112(10,11)12)46-54-99(91)119/h19-68H,1-18H3/i25D,26D,27D,28D,35D,36D,39D,40D. The molecular weight excluding hydrogens is 1470 g/mol. The second kappa shape index (κ2) is 26.8. The van der Waals surface area contributed by atoms with Crippen LogP contribution in [0.3, 0.4) is 0 Å². The van der Waals surface area contributed by atoms with Gasteiger partial charge in [-0.25, -0.2) is 0 Å². The van der Waals surface area contributed by atoms with Gasteiger partial charge in [-0.15, -0.1) is 0 Å². The van der Waals surface area contributed by atoms with Gasteiger partial charge in [-0.2, -0.15) is 0 Å². The summed E-state index contributed by atoms with van der Waals surface area (Å²) in [6.07, 6.45) is 0. The van der Waals surface area contributed by atoms with Crippen LogP contribution < -0.4 is 26.2 Å². The van der Waals surface area contributed by atoms with Gasteiger partial charge in [-0.1, -0.05) is 300 Å². The number of hydrogen-bond donors (Lipinski definition) is 0. The Balaban J connectivity index is 0.930. The van der Waals surface area contributed by atoms with Crippen LogP contribution >= 0.6 is 0 Å². The Bertz CT molecular complexity index is 7740. The summed E-state index contributed by atoms with van der Waals surface area (Å²) in [5, 5.41) is 6.43. The molecule has 0 saturated carbocycles. The fourth-order valence-electron chi connectivity index (χ4n) is 19.2. The molecule has 7 heteroatoms. The number of benzene rings is 15. The van der Waals surface area contributed by atoms with Gasteiger partial charge in [0.2, 0.25) is 0 Å². The van der Waals surface area contributed by atoms with E-state index >= 15 is 0 Å². The lowest BCUT2D eigenvalue weighted by Gasteiger charge is -2.45. The highest BCUT2D eigenvalue weighted by molar-refractivity contribution is 7.00. The molecule has 0 aliphatic carbocycles. The molecule has 0 fully saturated rings. The first-order valence-electron chi connectivity index (χ1n) is 46.7. The molecule has 0 unspecified atom stereocenters. The van der Waals surface area contributed by atoms with Crippen LogP contribution in [-0.4, -0.2) is 20.4 Å². The summed E-state index contributed by atoms with van der Waals surface area (Å²) in [5.74, 6) is 0. The van der Waals surface area contributed by atoms with E-state index in [1.54, 1.807) is 4.57 Å². The number of para-hydroxylation sites is 4. The molecule has 6 heterocycles. The largest absolute Gasteiger partial charge is 0.452 e. The molecule has 21 rings (SSSR count). The van der Waals surface area contributed by atoms with E-state index in [2.05, 4.69) is 392 Å². The Labute approximate surface area is 723 Å². The molecule has 0 saturated heterocycles. The van der Waals surface area contributed by atoms with Crippen LogP contribution in [0.1, 0.15) is 169 Å². The minimum Gasteiger partial charge on any atom is -0.452 e. The first-order valence-corrected chi connectivity index (χ1v) is 42.7. The third-order valence-corrected chi connectivity index (χ3v) is 25.9. The molecule has 0 radical (unpaired) electrons. The summed E-state index contributed by atoms with van der Waals surface area (Å²) in [6, 6.07) is 91.0. The summed E-state index contributed by atoms with van der Waals surface area (Å²) in [7, 11) is 0. The highest BCUT2D eigenvalue weighted by atomic mass is 16.3. The molecule has 0 spiro atoms. The maximum atomic E-state index is 9.99. The maximum absolute atomic E-state index is 9.99. The molecule has 2 aliphatic heterocycles. The molecule has 15 aromatic carbocycles. The molecule has 19 aromatic rings. The molecule has 0 atom stereocenters. The Morgan fingerprint density at radius 1 is 0.240 bits per heavy atom. The number of furan rings is 1. The molecular formula is C114H104BN5O. The molecule has 2 aliphatic rings. The fraction of sp³-hybridized carbons (Fsp3) is 0.211. The molecule has 4 aromatic heterocycles. The number of fused-ring (bicyclic) bond motifs is 16. The van der Waals surface area contributed by atoms with Crippen molar-refractivity contribution in [3.05, 3.63) is 337 Å². The Hall–Kier alpha value is -12.8. The third kappa shape index (κ3) is 12.2. The van der Waals surface area contributed by atoms with Crippen LogP contribution in [0.5, 0.6) is 0 Å². The number of hydrogen-bond acceptors (Lipinski definition) is 3. The smallest absolute Gasteiger partial charge is 0.252 e. The van der Waals surface area contributed by atoms with E-state index in [9.17, 15) is 11.0 Å². The van der Waals surface area contributed by atoms with Crippen LogP contribution in [0.15, 0.2) is 308 Å². The van der Waals surface area contributed by atoms with Crippen LogP contribution in [0, 0.1) is 0 Å². The van der Waals surface area contributed by atoms with Gasteiger partial charge in [0.25, 0.3) is 6.71 Å². The first-order chi connectivity index (χ1) is 61.1. The van der Waals surface area contributed by atoms with E-state index in [0.717, 1.165) is 128 Å². The topological polar surface area (TPSA) is 34.4 Å². The van der Waals surface area contributed by atoms with Crippen molar-refractivity contribution in [3.63, 3.8) is 0 Å². The summed E-state index contributed by atoms with van der Waals surface area (Å²) in [4.78, 5) is 4.91. The molecule has 0 bridgehead atoms. The molecule has 594 valence electrons. The molecule has 121 heavy (non-hydrogen) atoms. The maximum Gasteiger partial charge on any atom is 0.252 e. The lowest BCUT2D eigenvalue weighted by Crippen LogP contribution is -2.61. The number of nitrogens with zero attached hydrogens (tertiary/aromatic N) is 5. The minimum atomic E-state index is -0.550. The van der Waals surface area contributed by atoms with E-state index in [1.165, 1.54) is 44.2 Å². The van der Waals surface area contributed by atoms with Crippen LogP contribution in [0.2, 0.25) is 0 Å². The Morgan fingerprint density at radius 3 is 1.05 bits per heavy atom.